The van der Waals surface area contributed by atoms with Gasteiger partial charge in [0, 0.05) is 25.7 Å². The van der Waals surface area contributed by atoms with Crippen molar-refractivity contribution in [2.24, 2.45) is 5.11 Å². The standard InChI is InChI=1S/C24H35N3O13/c1-10(28)31-8-13-16(33-11(2)29)18(34-12(3)30)15(26-27-25)21(35-13)32-9-14-17-19(38-23(4,5)37-17)20-22(36-14)40-24(6,7)39-20/h13-22H,8-9H2,1-7H3/t13-,14-,15-,16-,17+,18-,19+,20-,21+,22-/m1/s1. The summed E-state index contributed by atoms with van der Waals surface area (Å²) < 4.78 is 58.1. The molecule has 0 aromatic rings. The molecule has 0 aromatic carbocycles. The second kappa shape index (κ2) is 11.7. The van der Waals surface area contributed by atoms with Crippen LogP contribution in [0.1, 0.15) is 48.5 Å². The van der Waals surface area contributed by atoms with E-state index in [1.54, 1.807) is 27.7 Å². The van der Waals surface area contributed by atoms with Crippen LogP contribution in [0.2, 0.25) is 0 Å². The third kappa shape index (κ3) is 6.83. The molecule has 0 bridgehead atoms. The van der Waals surface area contributed by atoms with Crippen LogP contribution in [0.4, 0.5) is 0 Å². The molecule has 4 aliphatic heterocycles. The van der Waals surface area contributed by atoms with E-state index >= 15 is 0 Å². The fourth-order valence-electron chi connectivity index (χ4n) is 5.22. The first-order chi connectivity index (χ1) is 18.7. The first-order valence-electron chi connectivity index (χ1n) is 12.9. The second-order valence-electron chi connectivity index (χ2n) is 10.7. The van der Waals surface area contributed by atoms with E-state index in [2.05, 4.69) is 10.0 Å². The van der Waals surface area contributed by atoms with Gasteiger partial charge in [0.25, 0.3) is 0 Å². The monoisotopic (exact) mass is 573 g/mol. The van der Waals surface area contributed by atoms with Gasteiger partial charge < -0.3 is 47.4 Å². The molecule has 4 aliphatic rings. The van der Waals surface area contributed by atoms with Gasteiger partial charge in [-0.25, -0.2) is 0 Å². The fraction of sp³-hybridized carbons (Fsp3) is 0.875. The van der Waals surface area contributed by atoms with Crippen LogP contribution in [-0.4, -0.2) is 104 Å². The van der Waals surface area contributed by atoms with Crippen LogP contribution >= 0.6 is 0 Å². The van der Waals surface area contributed by atoms with Crippen molar-refractivity contribution in [1.82, 2.24) is 0 Å². The van der Waals surface area contributed by atoms with Gasteiger partial charge >= 0.3 is 17.9 Å². The van der Waals surface area contributed by atoms with Crippen LogP contribution in [0.5, 0.6) is 0 Å². The van der Waals surface area contributed by atoms with Gasteiger partial charge in [0.1, 0.15) is 43.2 Å². The minimum atomic E-state index is -1.33. The molecule has 16 heteroatoms. The van der Waals surface area contributed by atoms with Gasteiger partial charge in [-0.3, -0.25) is 14.4 Å². The number of rotatable bonds is 8. The molecule has 4 saturated heterocycles. The topological polar surface area (TPSA) is 192 Å². The number of carbonyl (C=O) groups is 3. The van der Waals surface area contributed by atoms with E-state index in [-0.39, 0.29) is 13.2 Å². The summed E-state index contributed by atoms with van der Waals surface area (Å²) in [5, 5.41) is 3.73. The van der Waals surface area contributed by atoms with E-state index < -0.39 is 90.8 Å². The van der Waals surface area contributed by atoms with Crippen molar-refractivity contribution in [3.05, 3.63) is 10.4 Å². The molecule has 0 unspecified atom stereocenters. The van der Waals surface area contributed by atoms with Crippen molar-refractivity contribution >= 4 is 17.9 Å². The van der Waals surface area contributed by atoms with Gasteiger partial charge in [-0.2, -0.15) is 0 Å². The van der Waals surface area contributed by atoms with Crippen molar-refractivity contribution in [2.45, 2.75) is 121 Å². The lowest BCUT2D eigenvalue weighted by molar-refractivity contribution is -0.293. The average Bonchev–Trinajstić information content (AvgIpc) is 3.32. The first-order valence-corrected chi connectivity index (χ1v) is 12.9. The van der Waals surface area contributed by atoms with Crippen molar-refractivity contribution in [1.29, 1.82) is 0 Å². The predicted octanol–water partition coefficient (Wildman–Crippen LogP) is 1.23. The summed E-state index contributed by atoms with van der Waals surface area (Å²) in [4.78, 5) is 38.2. The molecule has 0 aromatic heterocycles. The Hall–Kier alpha value is -2.56. The SMILES string of the molecule is CC(=O)OC[C@H]1O[C@H](OC[C@H]2O[C@@H]3OC(C)(C)O[C@@H]3[C@H]3OC(C)(C)O[C@H]32)[C@H](N=[N+]=[N-])[C@@H](OC(C)=O)[C@@H]1OC(C)=O. The summed E-state index contributed by atoms with van der Waals surface area (Å²) in [5.74, 6) is -3.95. The molecule has 10 atom stereocenters. The van der Waals surface area contributed by atoms with Crippen molar-refractivity contribution < 1.29 is 61.8 Å². The van der Waals surface area contributed by atoms with E-state index in [4.69, 9.17) is 47.4 Å². The van der Waals surface area contributed by atoms with Crippen LogP contribution in [0.3, 0.4) is 0 Å². The predicted molar refractivity (Wildman–Crippen MR) is 128 cm³/mol. The number of carbonyl (C=O) groups excluding carboxylic acids is 3. The Balaban J connectivity index is 1.58. The molecule has 16 nitrogen and oxygen atoms in total. The highest BCUT2D eigenvalue weighted by atomic mass is 16.9. The highest BCUT2D eigenvalue weighted by Crippen LogP contribution is 2.44. The summed E-state index contributed by atoms with van der Waals surface area (Å²) in [6, 6.07) is -1.29. The van der Waals surface area contributed by atoms with Gasteiger partial charge in [-0.15, -0.1) is 0 Å². The molecule has 0 aliphatic carbocycles. The first kappa shape index (κ1) is 30.4. The molecular weight excluding hydrogens is 538 g/mol. The second-order valence-corrected chi connectivity index (χ2v) is 10.7. The zero-order chi connectivity index (χ0) is 29.4. The Morgan fingerprint density at radius 2 is 1.38 bits per heavy atom. The molecule has 4 heterocycles. The lowest BCUT2D eigenvalue weighted by Crippen LogP contribution is -2.62. The quantitative estimate of drug-likeness (QED) is 0.132. The third-order valence-corrected chi connectivity index (χ3v) is 6.53. The largest absolute Gasteiger partial charge is 0.463 e. The van der Waals surface area contributed by atoms with Crippen molar-refractivity contribution in [3.63, 3.8) is 0 Å². The van der Waals surface area contributed by atoms with Crippen LogP contribution in [0.15, 0.2) is 5.11 Å². The molecule has 40 heavy (non-hydrogen) atoms. The number of esters is 3. The van der Waals surface area contributed by atoms with Gasteiger partial charge in [-0.05, 0) is 33.2 Å². The zero-order valence-electron chi connectivity index (χ0n) is 23.3. The highest BCUT2D eigenvalue weighted by Gasteiger charge is 2.61. The number of hydrogen-bond acceptors (Lipinski definition) is 14. The van der Waals surface area contributed by atoms with E-state index in [9.17, 15) is 19.9 Å². The summed E-state index contributed by atoms with van der Waals surface area (Å²) >= 11 is 0. The summed E-state index contributed by atoms with van der Waals surface area (Å²) in [6.45, 7) is 9.98. The van der Waals surface area contributed by atoms with Crippen molar-refractivity contribution in [2.75, 3.05) is 13.2 Å². The molecular formula is C24H35N3O13. The number of hydrogen-bond donors (Lipinski definition) is 0. The van der Waals surface area contributed by atoms with Crippen molar-refractivity contribution in [3.8, 4) is 0 Å². The molecule has 0 saturated carbocycles. The van der Waals surface area contributed by atoms with Gasteiger partial charge in [0.15, 0.2) is 36.4 Å². The Kier molecular flexibility index (Phi) is 8.92. The average molecular weight is 574 g/mol. The maximum Gasteiger partial charge on any atom is 0.303 e. The Morgan fingerprint density at radius 3 is 2.00 bits per heavy atom. The molecule has 0 amide bonds. The third-order valence-electron chi connectivity index (χ3n) is 6.53. The number of ether oxygens (including phenoxy) is 10. The van der Waals surface area contributed by atoms with Crippen LogP contribution in [0.25, 0.3) is 10.4 Å². The van der Waals surface area contributed by atoms with Crippen LogP contribution in [-0.2, 0) is 61.8 Å². The summed E-state index contributed by atoms with van der Waals surface area (Å²) in [7, 11) is 0. The smallest absolute Gasteiger partial charge is 0.303 e. The van der Waals surface area contributed by atoms with E-state index in [1.165, 1.54) is 6.92 Å². The Morgan fingerprint density at radius 1 is 0.775 bits per heavy atom. The highest BCUT2D eigenvalue weighted by molar-refractivity contribution is 5.68. The molecule has 4 fully saturated rings. The molecule has 224 valence electrons. The Bertz CT molecular complexity index is 1030. The van der Waals surface area contributed by atoms with E-state index in [1.807, 2.05) is 0 Å². The molecule has 0 radical (unpaired) electrons. The van der Waals surface area contributed by atoms with Gasteiger partial charge in [0.2, 0.25) is 0 Å². The number of fused-ring (bicyclic) bond motifs is 3. The zero-order valence-corrected chi connectivity index (χ0v) is 23.3. The summed E-state index contributed by atoms with van der Waals surface area (Å²) in [6.07, 6.45) is -8.29. The normalized spacial score (nSPS) is 39.3. The maximum atomic E-state index is 12.0. The maximum absolute atomic E-state index is 12.0. The number of azide groups is 1. The summed E-state index contributed by atoms with van der Waals surface area (Å²) in [5.41, 5.74) is 9.29. The van der Waals surface area contributed by atoms with Crippen LogP contribution in [0, 0.1) is 0 Å². The van der Waals surface area contributed by atoms with Gasteiger partial charge in [-0.1, -0.05) is 5.11 Å². The van der Waals surface area contributed by atoms with Gasteiger partial charge in [0.05, 0.1) is 6.61 Å². The minimum absolute atomic E-state index is 0.166. The fourth-order valence-corrected chi connectivity index (χ4v) is 5.22. The molecule has 0 spiro atoms. The number of nitrogens with zero attached hydrogens (tertiary/aromatic N) is 3. The van der Waals surface area contributed by atoms with E-state index in [0.717, 1.165) is 13.8 Å². The minimum Gasteiger partial charge on any atom is -0.463 e. The van der Waals surface area contributed by atoms with E-state index in [0.29, 0.717) is 0 Å². The molecule has 4 rings (SSSR count). The lowest BCUT2D eigenvalue weighted by Gasteiger charge is -2.44. The Labute approximate surface area is 230 Å². The van der Waals surface area contributed by atoms with Crippen LogP contribution < -0.4 is 0 Å². The lowest BCUT2D eigenvalue weighted by atomic mass is 9.96. The molecule has 0 N–H and O–H groups in total.